The Hall–Kier alpha value is -1.01. The Balaban J connectivity index is 1.83. The van der Waals surface area contributed by atoms with Crippen molar-refractivity contribution in [1.82, 2.24) is 5.32 Å². The lowest BCUT2D eigenvalue weighted by Crippen LogP contribution is -2.30. The van der Waals surface area contributed by atoms with Crippen LogP contribution in [0.3, 0.4) is 0 Å². The van der Waals surface area contributed by atoms with Crippen LogP contribution in [0.1, 0.15) is 30.4 Å². The van der Waals surface area contributed by atoms with Crippen molar-refractivity contribution < 1.29 is 17.2 Å². The average Bonchev–Trinajstić information content (AvgIpc) is 2.69. The fraction of sp³-hybridized carbons (Fsp3) is 0.538. The van der Waals surface area contributed by atoms with Crippen LogP contribution in [0.2, 0.25) is 0 Å². The second-order valence-electron chi connectivity index (χ2n) is 4.80. The molecule has 0 spiro atoms. The molecular weight excluding hydrogens is 272 g/mol. The predicted octanol–water partition coefficient (Wildman–Crippen LogP) is 2.29. The molecule has 1 N–H and O–H groups in total. The molecule has 6 heteroatoms. The van der Waals surface area contributed by atoms with Gasteiger partial charge in [0.2, 0.25) is 0 Å². The van der Waals surface area contributed by atoms with Crippen molar-refractivity contribution in [3.05, 3.63) is 35.4 Å². The first-order valence-corrected chi connectivity index (χ1v) is 8.00. The first kappa shape index (κ1) is 14.4. The molecule has 0 bridgehead atoms. The van der Waals surface area contributed by atoms with Gasteiger partial charge in [-0.1, -0.05) is 24.3 Å². The zero-order valence-corrected chi connectivity index (χ0v) is 11.3. The molecule has 1 atom stereocenters. The van der Waals surface area contributed by atoms with Crippen molar-refractivity contribution in [2.24, 2.45) is 0 Å². The highest BCUT2D eigenvalue weighted by Crippen LogP contribution is 2.20. The van der Waals surface area contributed by atoms with Gasteiger partial charge in [-0.05, 0) is 18.4 Å². The van der Waals surface area contributed by atoms with Gasteiger partial charge in [-0.2, -0.15) is 0 Å². The van der Waals surface area contributed by atoms with Crippen LogP contribution in [-0.4, -0.2) is 26.0 Å². The van der Waals surface area contributed by atoms with E-state index in [0.29, 0.717) is 19.5 Å². The minimum Gasteiger partial charge on any atom is -0.311 e. The summed E-state index contributed by atoms with van der Waals surface area (Å²) in [6.45, 7) is 0.925. The third-order valence-electron chi connectivity index (χ3n) is 3.40. The van der Waals surface area contributed by atoms with E-state index < -0.39 is 16.3 Å². The number of benzene rings is 1. The van der Waals surface area contributed by atoms with E-state index >= 15 is 0 Å². The number of rotatable bonds is 5. The van der Waals surface area contributed by atoms with Gasteiger partial charge in [0.05, 0.1) is 11.0 Å². The summed E-state index contributed by atoms with van der Waals surface area (Å²) in [5, 5.41) is 2.78. The zero-order chi connectivity index (χ0) is 13.9. The SMILES string of the molecule is O=S1(=O)CCCC1CNCc1ccc(C(F)F)cc1. The van der Waals surface area contributed by atoms with Gasteiger partial charge in [0.25, 0.3) is 6.43 Å². The topological polar surface area (TPSA) is 46.2 Å². The maximum Gasteiger partial charge on any atom is 0.263 e. The number of nitrogens with one attached hydrogen (secondary N) is 1. The molecule has 1 saturated heterocycles. The molecule has 1 heterocycles. The van der Waals surface area contributed by atoms with Crippen LogP contribution in [0.25, 0.3) is 0 Å². The van der Waals surface area contributed by atoms with Gasteiger partial charge >= 0.3 is 0 Å². The third kappa shape index (κ3) is 3.73. The summed E-state index contributed by atoms with van der Waals surface area (Å²) >= 11 is 0. The molecule has 2 rings (SSSR count). The third-order valence-corrected chi connectivity index (χ3v) is 5.67. The smallest absolute Gasteiger partial charge is 0.263 e. The van der Waals surface area contributed by atoms with E-state index in [1.165, 1.54) is 12.1 Å². The molecule has 1 aromatic rings. The van der Waals surface area contributed by atoms with E-state index in [1.807, 2.05) is 0 Å². The monoisotopic (exact) mass is 289 g/mol. The maximum atomic E-state index is 12.4. The van der Waals surface area contributed by atoms with E-state index in [2.05, 4.69) is 5.32 Å². The van der Waals surface area contributed by atoms with Crippen LogP contribution in [0, 0.1) is 0 Å². The van der Waals surface area contributed by atoms with Crippen LogP contribution in [0.5, 0.6) is 0 Å². The quantitative estimate of drug-likeness (QED) is 0.904. The molecule has 106 valence electrons. The Morgan fingerprint density at radius 1 is 1.26 bits per heavy atom. The molecule has 1 fully saturated rings. The molecule has 1 aromatic carbocycles. The average molecular weight is 289 g/mol. The summed E-state index contributed by atoms with van der Waals surface area (Å²) < 4.78 is 47.9. The van der Waals surface area contributed by atoms with Crippen LogP contribution in [0.4, 0.5) is 8.78 Å². The number of hydrogen-bond acceptors (Lipinski definition) is 3. The van der Waals surface area contributed by atoms with Crippen LogP contribution in [-0.2, 0) is 16.4 Å². The highest BCUT2D eigenvalue weighted by molar-refractivity contribution is 7.92. The summed E-state index contributed by atoms with van der Waals surface area (Å²) in [5.41, 5.74) is 0.877. The van der Waals surface area contributed by atoms with Gasteiger partial charge in [-0.3, -0.25) is 0 Å². The standard InChI is InChI=1S/C13H17F2NO2S/c14-13(15)11-5-3-10(4-6-11)8-16-9-12-2-1-7-19(12,17)18/h3-6,12-13,16H,1-2,7-9H2. The normalized spacial score (nSPS) is 21.9. The van der Waals surface area contributed by atoms with Crippen molar-refractivity contribution in [3.63, 3.8) is 0 Å². The second kappa shape index (κ2) is 5.96. The van der Waals surface area contributed by atoms with E-state index in [1.54, 1.807) is 12.1 Å². The fourth-order valence-corrected chi connectivity index (χ4v) is 4.05. The van der Waals surface area contributed by atoms with Crippen LogP contribution in [0.15, 0.2) is 24.3 Å². The van der Waals surface area contributed by atoms with E-state index in [4.69, 9.17) is 0 Å². The molecule has 0 amide bonds. The van der Waals surface area contributed by atoms with E-state index in [0.717, 1.165) is 12.0 Å². The molecule has 0 radical (unpaired) electrons. The lowest BCUT2D eigenvalue weighted by atomic mass is 10.1. The maximum absolute atomic E-state index is 12.4. The highest BCUT2D eigenvalue weighted by Gasteiger charge is 2.30. The minimum absolute atomic E-state index is 0.00196. The Labute approximate surface area is 111 Å². The van der Waals surface area contributed by atoms with Crippen molar-refractivity contribution in [2.45, 2.75) is 31.1 Å². The molecule has 1 aliphatic heterocycles. The molecule has 0 aliphatic carbocycles. The largest absolute Gasteiger partial charge is 0.311 e. The zero-order valence-electron chi connectivity index (χ0n) is 10.5. The van der Waals surface area contributed by atoms with E-state index in [9.17, 15) is 17.2 Å². The first-order chi connectivity index (χ1) is 8.99. The summed E-state index contributed by atoms with van der Waals surface area (Å²) in [4.78, 5) is 0. The van der Waals surface area contributed by atoms with Gasteiger partial charge in [-0.15, -0.1) is 0 Å². The molecule has 0 saturated carbocycles. The van der Waals surface area contributed by atoms with Crippen molar-refractivity contribution in [3.8, 4) is 0 Å². The molecule has 19 heavy (non-hydrogen) atoms. The Morgan fingerprint density at radius 2 is 1.95 bits per heavy atom. The molecule has 1 aliphatic rings. The summed E-state index contributed by atoms with van der Waals surface area (Å²) in [6, 6.07) is 6.07. The number of halogens is 2. The molecular formula is C13H17F2NO2S. The van der Waals surface area contributed by atoms with Crippen LogP contribution < -0.4 is 5.32 Å². The van der Waals surface area contributed by atoms with Crippen molar-refractivity contribution in [2.75, 3.05) is 12.3 Å². The van der Waals surface area contributed by atoms with Crippen molar-refractivity contribution >= 4 is 9.84 Å². The molecule has 1 unspecified atom stereocenters. The summed E-state index contributed by atoms with van der Waals surface area (Å²) in [5.74, 6) is 0.280. The Kier molecular flexibility index (Phi) is 4.52. The second-order valence-corrected chi connectivity index (χ2v) is 7.21. The lowest BCUT2D eigenvalue weighted by Gasteiger charge is -2.11. The lowest BCUT2D eigenvalue weighted by molar-refractivity contribution is 0.151. The van der Waals surface area contributed by atoms with Gasteiger partial charge in [-0.25, -0.2) is 17.2 Å². The summed E-state index contributed by atoms with van der Waals surface area (Å²) in [6.07, 6.45) is -1.01. The molecule has 0 aromatic heterocycles. The number of alkyl halides is 2. The fourth-order valence-electron chi connectivity index (χ4n) is 2.25. The minimum atomic E-state index is -2.92. The number of sulfone groups is 1. The predicted molar refractivity (Wildman–Crippen MR) is 69.9 cm³/mol. The van der Waals surface area contributed by atoms with E-state index in [-0.39, 0.29) is 16.6 Å². The molecule has 3 nitrogen and oxygen atoms in total. The Morgan fingerprint density at radius 3 is 2.47 bits per heavy atom. The number of hydrogen-bond donors (Lipinski definition) is 1. The first-order valence-electron chi connectivity index (χ1n) is 6.28. The van der Waals surface area contributed by atoms with Crippen LogP contribution >= 0.6 is 0 Å². The summed E-state index contributed by atoms with van der Waals surface area (Å²) in [7, 11) is -2.92. The highest BCUT2D eigenvalue weighted by atomic mass is 32.2. The van der Waals surface area contributed by atoms with Gasteiger partial charge in [0.1, 0.15) is 0 Å². The van der Waals surface area contributed by atoms with Gasteiger partial charge < -0.3 is 5.32 Å². The van der Waals surface area contributed by atoms with Gasteiger partial charge in [0, 0.05) is 18.7 Å². The van der Waals surface area contributed by atoms with Crippen molar-refractivity contribution in [1.29, 1.82) is 0 Å². The van der Waals surface area contributed by atoms with Gasteiger partial charge in [0.15, 0.2) is 9.84 Å². The Bertz CT molecular complexity index is 514.